The number of hydrogen-bond donors (Lipinski definition) is 1. The average molecular weight is 346 g/mol. The molecule has 1 atom stereocenters. The van der Waals surface area contributed by atoms with Gasteiger partial charge in [-0.05, 0) is 29.8 Å². The smallest absolute Gasteiger partial charge is 0.412 e. The maximum Gasteiger partial charge on any atom is 0.412 e. The van der Waals surface area contributed by atoms with E-state index in [2.05, 4.69) is 11.9 Å². The summed E-state index contributed by atoms with van der Waals surface area (Å²) in [5, 5.41) is 3.08. The molecule has 6 heteroatoms. The van der Waals surface area contributed by atoms with E-state index in [1.54, 1.807) is 48.5 Å². The van der Waals surface area contributed by atoms with Gasteiger partial charge in [-0.2, -0.15) is 0 Å². The van der Waals surface area contributed by atoms with Crippen molar-refractivity contribution in [3.63, 3.8) is 0 Å². The Labute approximate surface area is 144 Å². The summed E-state index contributed by atoms with van der Waals surface area (Å²) in [5.74, 6) is -0.724. The van der Waals surface area contributed by atoms with Crippen LogP contribution in [0.15, 0.2) is 61.2 Å². The molecule has 0 aliphatic heterocycles. The number of hydrogen-bond acceptors (Lipinski definition) is 4. The molecule has 0 aliphatic carbocycles. The number of esters is 1. The largest absolute Gasteiger partial charge is 0.466 e. The molecule has 0 aromatic heterocycles. The van der Waals surface area contributed by atoms with Gasteiger partial charge in [-0.15, -0.1) is 0 Å². The van der Waals surface area contributed by atoms with Crippen molar-refractivity contribution in [3.05, 3.63) is 71.8 Å². The van der Waals surface area contributed by atoms with Crippen LogP contribution in [-0.4, -0.2) is 25.3 Å². The number of para-hydroxylation sites is 1. The van der Waals surface area contributed by atoms with Gasteiger partial charge in [-0.3, -0.25) is 5.32 Å². The highest BCUT2D eigenvalue weighted by molar-refractivity contribution is 6.30. The van der Waals surface area contributed by atoms with Crippen LogP contribution in [0.2, 0.25) is 5.02 Å². The molecule has 0 bridgehead atoms. The van der Waals surface area contributed by atoms with Crippen LogP contribution < -0.4 is 5.32 Å². The molecule has 24 heavy (non-hydrogen) atoms. The molecule has 1 unspecified atom stereocenters. The number of rotatable bonds is 5. The molecule has 1 amide bonds. The molecular weight excluding hydrogens is 330 g/mol. The molecule has 0 radical (unpaired) electrons. The lowest BCUT2D eigenvalue weighted by molar-refractivity contribution is -0.147. The van der Waals surface area contributed by atoms with Gasteiger partial charge in [0.2, 0.25) is 6.10 Å². The van der Waals surface area contributed by atoms with Crippen molar-refractivity contribution in [2.24, 2.45) is 0 Å². The third-order valence-corrected chi connectivity index (χ3v) is 3.44. The summed E-state index contributed by atoms with van der Waals surface area (Å²) < 4.78 is 9.90. The molecule has 0 fully saturated rings. The summed E-state index contributed by atoms with van der Waals surface area (Å²) in [4.78, 5) is 24.0. The van der Waals surface area contributed by atoms with Crippen molar-refractivity contribution < 1.29 is 19.1 Å². The third kappa shape index (κ3) is 4.60. The van der Waals surface area contributed by atoms with Crippen molar-refractivity contribution >= 4 is 34.9 Å². The molecular formula is C18H16ClNO4. The first-order valence-electron chi connectivity index (χ1n) is 7.06. The molecule has 0 heterocycles. The first-order chi connectivity index (χ1) is 11.5. The zero-order valence-electron chi connectivity index (χ0n) is 13.0. The molecule has 124 valence electrons. The highest BCUT2D eigenvalue weighted by Crippen LogP contribution is 2.22. The Morgan fingerprint density at radius 1 is 1.08 bits per heavy atom. The second-order valence-corrected chi connectivity index (χ2v) is 5.27. The van der Waals surface area contributed by atoms with Crippen LogP contribution in [-0.2, 0) is 14.3 Å². The van der Waals surface area contributed by atoms with Crippen LogP contribution in [0.3, 0.4) is 0 Å². The number of benzene rings is 2. The number of nitrogens with one attached hydrogen (secondary N) is 1. The predicted octanol–water partition coefficient (Wildman–Crippen LogP) is 4.14. The lowest BCUT2D eigenvalue weighted by Crippen LogP contribution is -2.31. The average Bonchev–Trinajstić information content (AvgIpc) is 2.60. The van der Waals surface area contributed by atoms with Crippen LogP contribution in [0.1, 0.15) is 5.56 Å². The summed E-state index contributed by atoms with van der Waals surface area (Å²) >= 11 is 5.84. The second kappa shape index (κ2) is 8.17. The Bertz CT molecular complexity index is 728. The van der Waals surface area contributed by atoms with E-state index in [1.165, 1.54) is 7.11 Å². The molecule has 5 nitrogen and oxygen atoms in total. The Morgan fingerprint density at radius 2 is 1.71 bits per heavy atom. The monoisotopic (exact) mass is 345 g/mol. The highest BCUT2D eigenvalue weighted by atomic mass is 35.5. The Balaban J connectivity index is 2.13. The predicted molar refractivity (Wildman–Crippen MR) is 92.8 cm³/mol. The summed E-state index contributed by atoms with van der Waals surface area (Å²) in [7, 11) is 1.21. The fourth-order valence-corrected chi connectivity index (χ4v) is 2.09. The van der Waals surface area contributed by atoms with E-state index in [4.69, 9.17) is 21.1 Å². The normalized spacial score (nSPS) is 11.2. The van der Waals surface area contributed by atoms with Gasteiger partial charge in [0.1, 0.15) is 0 Å². The molecule has 1 N–H and O–H groups in total. The number of halogens is 1. The number of carbonyl (C=O) groups excluding carboxylic acids is 2. The lowest BCUT2D eigenvalue weighted by Gasteiger charge is -2.18. The van der Waals surface area contributed by atoms with E-state index >= 15 is 0 Å². The fraction of sp³-hybridized carbons (Fsp3) is 0.111. The van der Waals surface area contributed by atoms with E-state index in [1.807, 2.05) is 6.07 Å². The molecule has 0 saturated carbocycles. The standard InChI is InChI=1S/C18H16ClNO4/c1-12(13-8-10-14(19)11-9-13)16(17(21)23-2)24-18(22)20-15-6-4-3-5-7-15/h3-11,16H,1H2,2H3,(H,20,22). The zero-order chi connectivity index (χ0) is 17.5. The number of carbonyl (C=O) groups is 2. The van der Waals surface area contributed by atoms with Crippen LogP contribution in [0.25, 0.3) is 5.57 Å². The Hall–Kier alpha value is -2.79. The quantitative estimate of drug-likeness (QED) is 0.827. The minimum atomic E-state index is -1.26. The lowest BCUT2D eigenvalue weighted by atomic mass is 10.0. The van der Waals surface area contributed by atoms with Crippen molar-refractivity contribution in [3.8, 4) is 0 Å². The van der Waals surface area contributed by atoms with Gasteiger partial charge in [0.25, 0.3) is 0 Å². The molecule has 2 aromatic carbocycles. The van der Waals surface area contributed by atoms with Gasteiger partial charge in [-0.1, -0.05) is 48.5 Å². The van der Waals surface area contributed by atoms with E-state index in [0.717, 1.165) is 0 Å². The second-order valence-electron chi connectivity index (χ2n) is 4.83. The van der Waals surface area contributed by atoms with E-state index in [-0.39, 0.29) is 0 Å². The molecule has 0 saturated heterocycles. The van der Waals surface area contributed by atoms with Gasteiger partial charge in [0.15, 0.2) is 0 Å². The van der Waals surface area contributed by atoms with Crippen molar-refractivity contribution in [2.45, 2.75) is 6.10 Å². The van der Waals surface area contributed by atoms with E-state index in [0.29, 0.717) is 21.8 Å². The van der Waals surface area contributed by atoms with Crippen LogP contribution in [0, 0.1) is 0 Å². The maximum atomic E-state index is 12.0. The van der Waals surface area contributed by atoms with Gasteiger partial charge >= 0.3 is 12.1 Å². The molecule has 0 aliphatic rings. The summed E-state index contributed by atoms with van der Waals surface area (Å²) in [6.07, 6.45) is -2.05. The van der Waals surface area contributed by atoms with Gasteiger partial charge in [0, 0.05) is 16.3 Å². The van der Waals surface area contributed by atoms with Crippen molar-refractivity contribution in [1.29, 1.82) is 0 Å². The van der Waals surface area contributed by atoms with Gasteiger partial charge in [0.05, 0.1) is 7.11 Å². The molecule has 0 spiro atoms. The minimum Gasteiger partial charge on any atom is -0.466 e. The maximum absolute atomic E-state index is 12.0. The van der Waals surface area contributed by atoms with Crippen LogP contribution >= 0.6 is 11.6 Å². The summed E-state index contributed by atoms with van der Waals surface area (Å²) in [6, 6.07) is 15.4. The number of ether oxygens (including phenoxy) is 2. The minimum absolute atomic E-state index is 0.293. The van der Waals surface area contributed by atoms with Crippen molar-refractivity contribution in [2.75, 3.05) is 12.4 Å². The summed E-state index contributed by atoms with van der Waals surface area (Å²) in [6.45, 7) is 3.84. The summed E-state index contributed by atoms with van der Waals surface area (Å²) in [5.41, 5.74) is 1.45. The SMILES string of the molecule is C=C(c1ccc(Cl)cc1)C(OC(=O)Nc1ccccc1)C(=O)OC. The number of anilines is 1. The fourth-order valence-electron chi connectivity index (χ4n) is 1.96. The van der Waals surface area contributed by atoms with Gasteiger partial charge < -0.3 is 9.47 Å². The first-order valence-corrected chi connectivity index (χ1v) is 7.44. The van der Waals surface area contributed by atoms with Crippen LogP contribution in [0.5, 0.6) is 0 Å². The van der Waals surface area contributed by atoms with E-state index in [9.17, 15) is 9.59 Å². The topological polar surface area (TPSA) is 64.6 Å². The highest BCUT2D eigenvalue weighted by Gasteiger charge is 2.28. The Kier molecular flexibility index (Phi) is 5.98. The molecule has 2 aromatic rings. The van der Waals surface area contributed by atoms with E-state index < -0.39 is 18.2 Å². The third-order valence-electron chi connectivity index (χ3n) is 3.19. The Morgan fingerprint density at radius 3 is 2.29 bits per heavy atom. The van der Waals surface area contributed by atoms with Gasteiger partial charge in [-0.25, -0.2) is 9.59 Å². The molecule has 2 rings (SSSR count). The van der Waals surface area contributed by atoms with Crippen molar-refractivity contribution in [1.82, 2.24) is 0 Å². The number of amides is 1. The number of methoxy groups -OCH3 is 1. The van der Waals surface area contributed by atoms with Crippen LogP contribution in [0.4, 0.5) is 10.5 Å². The zero-order valence-corrected chi connectivity index (χ0v) is 13.7. The first kappa shape index (κ1) is 17.6.